The average molecular weight is 258 g/mol. The van der Waals surface area contributed by atoms with Crippen molar-refractivity contribution in [2.24, 2.45) is 5.92 Å². The number of likely N-dealkylation sites (tertiary alicyclic amines) is 1. The minimum Gasteiger partial charge on any atom is -0.338 e. The van der Waals surface area contributed by atoms with Crippen LogP contribution in [-0.2, 0) is 9.59 Å². The molecule has 1 saturated heterocycles. The summed E-state index contributed by atoms with van der Waals surface area (Å²) in [6.07, 6.45) is 2.00. The van der Waals surface area contributed by atoms with Gasteiger partial charge in [0.1, 0.15) is 0 Å². The highest BCUT2D eigenvalue weighted by Crippen LogP contribution is 2.19. The van der Waals surface area contributed by atoms with E-state index >= 15 is 0 Å². The summed E-state index contributed by atoms with van der Waals surface area (Å²) in [5.41, 5.74) is 1.91. The number of amides is 2. The molecule has 1 aliphatic rings. The highest BCUT2D eigenvalue weighted by molar-refractivity contribution is 5.94. The zero-order valence-corrected chi connectivity index (χ0v) is 11.1. The van der Waals surface area contributed by atoms with Crippen molar-refractivity contribution in [1.82, 2.24) is 4.90 Å². The fraction of sp³-hybridized carbons (Fsp3) is 0.333. The third-order valence-electron chi connectivity index (χ3n) is 3.33. The standard InChI is InChI=1S/C15H18N2O2/c1-3-14(18)17-8-7-12(10-17)15(19)16-13-6-4-5-11(2)9-13/h3-6,9,12H,1,7-8,10H2,2H3,(H,16,19). The molecule has 4 nitrogen and oxygen atoms in total. The van der Waals surface area contributed by atoms with Gasteiger partial charge < -0.3 is 10.2 Å². The zero-order chi connectivity index (χ0) is 13.8. The predicted molar refractivity (Wildman–Crippen MR) is 74.7 cm³/mol. The SMILES string of the molecule is C=CC(=O)N1CCC(C(=O)Nc2cccc(C)c2)C1. The molecule has 2 amide bonds. The first-order valence-corrected chi connectivity index (χ1v) is 6.39. The highest BCUT2D eigenvalue weighted by Gasteiger charge is 2.29. The lowest BCUT2D eigenvalue weighted by Gasteiger charge is -2.14. The summed E-state index contributed by atoms with van der Waals surface area (Å²) >= 11 is 0. The normalized spacial score (nSPS) is 18.2. The molecule has 0 saturated carbocycles. The molecule has 1 aliphatic heterocycles. The minimum absolute atomic E-state index is 0.0232. The molecule has 4 heteroatoms. The summed E-state index contributed by atoms with van der Waals surface area (Å²) in [7, 11) is 0. The van der Waals surface area contributed by atoms with E-state index in [1.165, 1.54) is 6.08 Å². The van der Waals surface area contributed by atoms with Crippen molar-refractivity contribution < 1.29 is 9.59 Å². The molecule has 0 aromatic heterocycles. The van der Waals surface area contributed by atoms with Crippen molar-refractivity contribution in [3.05, 3.63) is 42.5 Å². The molecule has 1 aromatic rings. The first kappa shape index (κ1) is 13.3. The third-order valence-corrected chi connectivity index (χ3v) is 3.33. The summed E-state index contributed by atoms with van der Waals surface area (Å²) < 4.78 is 0. The molecular formula is C15H18N2O2. The van der Waals surface area contributed by atoms with Crippen molar-refractivity contribution in [1.29, 1.82) is 0 Å². The van der Waals surface area contributed by atoms with Crippen LogP contribution in [0, 0.1) is 12.8 Å². The number of carbonyl (C=O) groups excluding carboxylic acids is 2. The number of carbonyl (C=O) groups is 2. The second-order valence-electron chi connectivity index (χ2n) is 4.83. The molecule has 1 unspecified atom stereocenters. The van der Waals surface area contributed by atoms with Crippen LogP contribution >= 0.6 is 0 Å². The fourth-order valence-electron chi connectivity index (χ4n) is 2.27. The summed E-state index contributed by atoms with van der Waals surface area (Å²) in [6.45, 7) is 6.54. The van der Waals surface area contributed by atoms with Gasteiger partial charge in [-0.05, 0) is 37.1 Å². The second-order valence-corrected chi connectivity index (χ2v) is 4.83. The van der Waals surface area contributed by atoms with Gasteiger partial charge in [0.15, 0.2) is 0 Å². The van der Waals surface area contributed by atoms with Gasteiger partial charge in [-0.1, -0.05) is 18.7 Å². The van der Waals surface area contributed by atoms with Gasteiger partial charge in [0.05, 0.1) is 5.92 Å². The van der Waals surface area contributed by atoms with Crippen LogP contribution in [0.25, 0.3) is 0 Å². The Morgan fingerprint density at radius 2 is 2.26 bits per heavy atom. The van der Waals surface area contributed by atoms with E-state index in [4.69, 9.17) is 0 Å². The molecule has 2 rings (SSSR count). The Morgan fingerprint density at radius 1 is 1.47 bits per heavy atom. The Labute approximate surface area is 113 Å². The van der Waals surface area contributed by atoms with E-state index in [1.807, 2.05) is 31.2 Å². The Bertz CT molecular complexity index is 511. The molecular weight excluding hydrogens is 240 g/mol. The average Bonchev–Trinajstić information content (AvgIpc) is 2.87. The van der Waals surface area contributed by atoms with Gasteiger partial charge in [-0.2, -0.15) is 0 Å². The van der Waals surface area contributed by atoms with Crippen molar-refractivity contribution >= 4 is 17.5 Å². The Hall–Kier alpha value is -2.10. The van der Waals surface area contributed by atoms with Crippen molar-refractivity contribution in [2.75, 3.05) is 18.4 Å². The molecule has 1 atom stereocenters. The van der Waals surface area contributed by atoms with Gasteiger partial charge >= 0.3 is 0 Å². The molecule has 1 heterocycles. The Morgan fingerprint density at radius 3 is 2.95 bits per heavy atom. The molecule has 100 valence electrons. The van der Waals surface area contributed by atoms with Gasteiger partial charge in [0.2, 0.25) is 11.8 Å². The first-order valence-electron chi connectivity index (χ1n) is 6.39. The number of aryl methyl sites for hydroxylation is 1. The predicted octanol–water partition coefficient (Wildman–Crippen LogP) is 1.97. The number of hydrogen-bond donors (Lipinski definition) is 1. The number of benzene rings is 1. The maximum Gasteiger partial charge on any atom is 0.245 e. The van der Waals surface area contributed by atoms with Gasteiger partial charge in [-0.15, -0.1) is 0 Å². The Balaban J connectivity index is 1.95. The monoisotopic (exact) mass is 258 g/mol. The minimum atomic E-state index is -0.135. The third kappa shape index (κ3) is 3.22. The van der Waals surface area contributed by atoms with Gasteiger partial charge in [0, 0.05) is 18.8 Å². The van der Waals surface area contributed by atoms with E-state index in [2.05, 4.69) is 11.9 Å². The number of nitrogens with one attached hydrogen (secondary N) is 1. The molecule has 1 aromatic carbocycles. The maximum absolute atomic E-state index is 12.1. The smallest absolute Gasteiger partial charge is 0.245 e. The molecule has 0 spiro atoms. The van der Waals surface area contributed by atoms with Crippen LogP contribution < -0.4 is 5.32 Å². The van der Waals surface area contributed by atoms with Crippen LogP contribution in [0.2, 0.25) is 0 Å². The quantitative estimate of drug-likeness (QED) is 0.843. The number of anilines is 1. The topological polar surface area (TPSA) is 49.4 Å². The van der Waals surface area contributed by atoms with Crippen LogP contribution in [0.15, 0.2) is 36.9 Å². The highest BCUT2D eigenvalue weighted by atomic mass is 16.2. The number of nitrogens with zero attached hydrogens (tertiary/aromatic N) is 1. The van der Waals surface area contributed by atoms with Crippen LogP contribution in [0.5, 0.6) is 0 Å². The molecule has 1 fully saturated rings. The van der Waals surface area contributed by atoms with Crippen LogP contribution in [0.1, 0.15) is 12.0 Å². The van der Waals surface area contributed by atoms with E-state index in [9.17, 15) is 9.59 Å². The summed E-state index contributed by atoms with van der Waals surface area (Å²) in [6, 6.07) is 7.69. The van der Waals surface area contributed by atoms with E-state index in [1.54, 1.807) is 4.90 Å². The fourth-order valence-corrected chi connectivity index (χ4v) is 2.27. The van der Waals surface area contributed by atoms with Crippen LogP contribution in [0.4, 0.5) is 5.69 Å². The lowest BCUT2D eigenvalue weighted by molar-refractivity contribution is -0.125. The summed E-state index contributed by atoms with van der Waals surface area (Å²) in [5, 5.41) is 2.90. The first-order chi connectivity index (χ1) is 9.10. The van der Waals surface area contributed by atoms with Gasteiger partial charge in [-0.25, -0.2) is 0 Å². The zero-order valence-electron chi connectivity index (χ0n) is 11.1. The molecule has 0 radical (unpaired) electrons. The van der Waals surface area contributed by atoms with Crippen molar-refractivity contribution in [3.8, 4) is 0 Å². The van der Waals surface area contributed by atoms with Gasteiger partial charge in [0.25, 0.3) is 0 Å². The second kappa shape index (κ2) is 5.69. The van der Waals surface area contributed by atoms with Crippen LogP contribution in [0.3, 0.4) is 0 Å². The molecule has 0 bridgehead atoms. The van der Waals surface area contributed by atoms with Crippen molar-refractivity contribution in [2.45, 2.75) is 13.3 Å². The maximum atomic E-state index is 12.1. The van der Waals surface area contributed by atoms with E-state index in [0.717, 1.165) is 11.3 Å². The van der Waals surface area contributed by atoms with Crippen molar-refractivity contribution in [3.63, 3.8) is 0 Å². The molecule has 19 heavy (non-hydrogen) atoms. The summed E-state index contributed by atoms with van der Waals surface area (Å²) in [4.78, 5) is 25.2. The Kier molecular flexibility index (Phi) is 4.00. The van der Waals surface area contributed by atoms with E-state index in [-0.39, 0.29) is 17.7 Å². The van der Waals surface area contributed by atoms with Crippen LogP contribution in [-0.4, -0.2) is 29.8 Å². The molecule has 1 N–H and O–H groups in total. The number of hydrogen-bond acceptors (Lipinski definition) is 2. The van der Waals surface area contributed by atoms with Gasteiger partial charge in [-0.3, -0.25) is 9.59 Å². The number of rotatable bonds is 3. The summed E-state index contributed by atoms with van der Waals surface area (Å²) in [5.74, 6) is -0.264. The van der Waals surface area contributed by atoms with E-state index in [0.29, 0.717) is 19.5 Å². The lowest BCUT2D eigenvalue weighted by Crippen LogP contribution is -2.30. The largest absolute Gasteiger partial charge is 0.338 e. The lowest BCUT2D eigenvalue weighted by atomic mass is 10.1. The van der Waals surface area contributed by atoms with E-state index < -0.39 is 0 Å². The molecule has 0 aliphatic carbocycles.